The summed E-state index contributed by atoms with van der Waals surface area (Å²) >= 11 is 14.1. The van der Waals surface area contributed by atoms with Gasteiger partial charge in [0.15, 0.2) is 5.15 Å². The molecule has 4 unspecified atom stereocenters. The van der Waals surface area contributed by atoms with Crippen molar-refractivity contribution in [3.63, 3.8) is 0 Å². The zero-order valence-electron chi connectivity index (χ0n) is 8.99. The van der Waals surface area contributed by atoms with E-state index in [9.17, 15) is 0 Å². The molecule has 2 fully saturated rings. The summed E-state index contributed by atoms with van der Waals surface area (Å²) in [6, 6.07) is 0.531. The Balaban J connectivity index is 2.03. The highest BCUT2D eigenvalue weighted by Gasteiger charge is 2.54. The Kier molecular flexibility index (Phi) is 2.66. The second kappa shape index (κ2) is 3.80. The molecule has 1 aromatic heterocycles. The molecule has 88 valence electrons. The fourth-order valence-electron chi connectivity index (χ4n) is 3.14. The van der Waals surface area contributed by atoms with Crippen molar-refractivity contribution >= 4 is 34.9 Å². The average Bonchev–Trinajstić information content (AvgIpc) is 2.70. The maximum absolute atomic E-state index is 6.82. The Morgan fingerprint density at radius 2 is 2.31 bits per heavy atom. The van der Waals surface area contributed by atoms with Crippen LogP contribution in [0.4, 0.5) is 0 Å². The van der Waals surface area contributed by atoms with Crippen molar-refractivity contribution in [2.75, 3.05) is 13.1 Å². The average molecular weight is 278 g/mol. The number of hydrogen-bond donors (Lipinski definition) is 0. The first-order valence-corrected chi connectivity index (χ1v) is 7.03. The lowest BCUT2D eigenvalue weighted by molar-refractivity contribution is 0.189. The minimum absolute atomic E-state index is 0.417. The van der Waals surface area contributed by atoms with E-state index in [1.54, 1.807) is 0 Å². The van der Waals surface area contributed by atoms with E-state index in [4.69, 9.17) is 23.2 Å². The highest BCUT2D eigenvalue weighted by atomic mass is 35.5. The van der Waals surface area contributed by atoms with Crippen LogP contribution in [0.5, 0.6) is 0 Å². The van der Waals surface area contributed by atoms with Crippen LogP contribution in [0.2, 0.25) is 5.15 Å². The molecular formula is C10H13Cl2N3S. The summed E-state index contributed by atoms with van der Waals surface area (Å²) in [5.41, 5.74) is 0.794. The van der Waals surface area contributed by atoms with Gasteiger partial charge < -0.3 is 0 Å². The van der Waals surface area contributed by atoms with Gasteiger partial charge in [0.1, 0.15) is 10.6 Å². The third-order valence-electron chi connectivity index (χ3n) is 3.98. The van der Waals surface area contributed by atoms with Gasteiger partial charge in [0.25, 0.3) is 0 Å². The molecule has 0 N–H and O–H groups in total. The van der Waals surface area contributed by atoms with Gasteiger partial charge in [-0.15, -0.1) is 11.6 Å². The lowest BCUT2D eigenvalue weighted by Gasteiger charge is -2.31. The molecule has 4 atom stereocenters. The molecule has 2 bridgehead atoms. The smallest absolute Gasteiger partial charge is 0.167 e. The Morgan fingerprint density at radius 1 is 1.50 bits per heavy atom. The summed E-state index contributed by atoms with van der Waals surface area (Å²) < 4.78 is 8.34. The van der Waals surface area contributed by atoms with Crippen LogP contribution in [0.3, 0.4) is 0 Å². The van der Waals surface area contributed by atoms with Gasteiger partial charge in [-0.2, -0.15) is 8.75 Å². The highest BCUT2D eigenvalue weighted by Crippen LogP contribution is 2.51. The predicted molar refractivity (Wildman–Crippen MR) is 66.2 cm³/mol. The summed E-state index contributed by atoms with van der Waals surface area (Å²) in [6.45, 7) is 4.24. The zero-order valence-corrected chi connectivity index (χ0v) is 11.3. The molecule has 6 heteroatoms. The van der Waals surface area contributed by atoms with Crippen LogP contribution < -0.4 is 0 Å². The Morgan fingerprint density at radius 3 is 2.94 bits per heavy atom. The van der Waals surface area contributed by atoms with Crippen molar-refractivity contribution in [3.05, 3.63) is 10.8 Å². The topological polar surface area (TPSA) is 29.0 Å². The summed E-state index contributed by atoms with van der Waals surface area (Å²) in [6.07, 6.45) is 2.38. The maximum Gasteiger partial charge on any atom is 0.167 e. The molecule has 0 amide bonds. The highest BCUT2D eigenvalue weighted by molar-refractivity contribution is 6.99. The molecule has 3 heterocycles. The number of nitrogens with zero attached hydrogens (tertiary/aromatic N) is 3. The van der Waals surface area contributed by atoms with Crippen LogP contribution in [-0.2, 0) is 4.87 Å². The third-order valence-corrected chi connectivity index (χ3v) is 5.45. The largest absolute Gasteiger partial charge is 0.298 e. The lowest BCUT2D eigenvalue weighted by Crippen LogP contribution is -2.35. The van der Waals surface area contributed by atoms with Crippen LogP contribution >= 0.6 is 34.9 Å². The molecule has 0 radical (unpaired) electrons. The van der Waals surface area contributed by atoms with E-state index >= 15 is 0 Å². The molecule has 0 aromatic carbocycles. The molecule has 0 aliphatic carbocycles. The van der Waals surface area contributed by atoms with Crippen molar-refractivity contribution in [3.8, 4) is 0 Å². The lowest BCUT2D eigenvalue weighted by atomic mass is 9.83. The first-order chi connectivity index (χ1) is 7.63. The van der Waals surface area contributed by atoms with Crippen LogP contribution in [0, 0.1) is 5.92 Å². The Labute approximate surface area is 109 Å². The van der Waals surface area contributed by atoms with Crippen molar-refractivity contribution in [1.29, 1.82) is 0 Å². The molecule has 0 spiro atoms. The molecule has 2 aliphatic heterocycles. The first kappa shape index (κ1) is 11.2. The van der Waals surface area contributed by atoms with E-state index in [0.717, 1.165) is 36.9 Å². The quantitative estimate of drug-likeness (QED) is 0.740. The van der Waals surface area contributed by atoms with E-state index < -0.39 is 4.87 Å². The third kappa shape index (κ3) is 1.43. The number of aromatic nitrogens is 2. The van der Waals surface area contributed by atoms with Gasteiger partial charge >= 0.3 is 0 Å². The van der Waals surface area contributed by atoms with E-state index in [1.165, 1.54) is 6.42 Å². The van der Waals surface area contributed by atoms with Crippen LogP contribution in [-0.4, -0.2) is 32.8 Å². The number of rotatable bonds is 1. The van der Waals surface area contributed by atoms with Gasteiger partial charge in [-0.1, -0.05) is 11.6 Å². The van der Waals surface area contributed by atoms with Crippen molar-refractivity contribution < 1.29 is 0 Å². The fraction of sp³-hybridized carbons (Fsp3) is 0.800. The molecule has 3 nitrogen and oxygen atoms in total. The second-order valence-electron chi connectivity index (χ2n) is 4.73. The SMILES string of the molecule is CC1C2CCCN1CC2(Cl)c1nsnc1Cl. The summed E-state index contributed by atoms with van der Waals surface area (Å²) in [7, 11) is 0. The van der Waals surface area contributed by atoms with Gasteiger partial charge in [0.05, 0.1) is 11.7 Å². The van der Waals surface area contributed by atoms with Crippen molar-refractivity contribution in [2.24, 2.45) is 5.92 Å². The standard InChI is InChI=1S/C10H13Cl2N3S/c1-6-7-3-2-4-15(6)5-10(7,12)8-9(11)14-16-13-8/h6-7H,2-5H2,1H3. The normalized spacial score (nSPS) is 42.6. The first-order valence-electron chi connectivity index (χ1n) is 5.54. The minimum atomic E-state index is -0.417. The second-order valence-corrected chi connectivity index (χ2v) is 6.29. The number of alkyl halides is 1. The minimum Gasteiger partial charge on any atom is -0.298 e. The van der Waals surface area contributed by atoms with Gasteiger partial charge in [0.2, 0.25) is 0 Å². The molecule has 2 aliphatic rings. The maximum atomic E-state index is 6.82. The number of fused-ring (bicyclic) bond motifs is 2. The predicted octanol–water partition coefficient (Wildman–Crippen LogP) is 2.74. The van der Waals surface area contributed by atoms with Crippen molar-refractivity contribution in [1.82, 2.24) is 13.6 Å². The molecule has 1 aromatic rings. The zero-order chi connectivity index (χ0) is 11.3. The van der Waals surface area contributed by atoms with E-state index in [-0.39, 0.29) is 0 Å². The van der Waals surface area contributed by atoms with E-state index in [1.807, 2.05) is 0 Å². The summed E-state index contributed by atoms with van der Waals surface area (Å²) in [4.78, 5) is 2.02. The number of piperidine rings is 1. The van der Waals surface area contributed by atoms with Gasteiger partial charge in [-0.3, -0.25) is 4.90 Å². The molecule has 16 heavy (non-hydrogen) atoms. The molecule has 0 saturated carbocycles. The van der Waals surface area contributed by atoms with Crippen molar-refractivity contribution in [2.45, 2.75) is 30.7 Å². The summed E-state index contributed by atoms with van der Waals surface area (Å²) in [5, 5.41) is 0.487. The number of hydrogen-bond acceptors (Lipinski definition) is 4. The van der Waals surface area contributed by atoms with Gasteiger partial charge in [-0.25, -0.2) is 0 Å². The Hall–Kier alpha value is 0.1000. The monoisotopic (exact) mass is 277 g/mol. The molecular weight excluding hydrogens is 265 g/mol. The van der Waals surface area contributed by atoms with Crippen LogP contribution in [0.15, 0.2) is 0 Å². The number of halogens is 2. The Bertz CT molecular complexity index is 411. The summed E-state index contributed by atoms with van der Waals surface area (Å²) in [5.74, 6) is 0.448. The van der Waals surface area contributed by atoms with Crippen LogP contribution in [0.1, 0.15) is 25.5 Å². The van der Waals surface area contributed by atoms with Gasteiger partial charge in [-0.05, 0) is 26.3 Å². The molecule has 2 saturated heterocycles. The van der Waals surface area contributed by atoms with Crippen LogP contribution in [0.25, 0.3) is 0 Å². The fourth-order valence-corrected chi connectivity index (χ4v) is 4.70. The van der Waals surface area contributed by atoms with E-state index in [0.29, 0.717) is 17.1 Å². The van der Waals surface area contributed by atoms with Gasteiger partial charge in [0, 0.05) is 18.5 Å². The molecule has 3 rings (SSSR count). The van der Waals surface area contributed by atoms with E-state index in [2.05, 4.69) is 20.6 Å².